The van der Waals surface area contributed by atoms with Crippen molar-refractivity contribution in [3.05, 3.63) is 122 Å². The summed E-state index contributed by atoms with van der Waals surface area (Å²) in [7, 11) is -9.80. The predicted molar refractivity (Wildman–Crippen MR) is 463 cm³/mol. The van der Waals surface area contributed by atoms with Gasteiger partial charge in [0.2, 0.25) is 0 Å². The van der Waals surface area contributed by atoms with Crippen molar-refractivity contribution in [3.63, 3.8) is 0 Å². The summed E-state index contributed by atoms with van der Waals surface area (Å²) >= 11 is 0. The fourth-order valence-electron chi connectivity index (χ4n) is 12.3. The van der Waals surface area contributed by atoms with Gasteiger partial charge in [-0.25, -0.2) is 9.13 Å². The molecule has 0 spiro atoms. The topological polar surface area (TPSA) is 231 Å². The molecule has 0 aromatic carbocycles. The van der Waals surface area contributed by atoms with Crippen LogP contribution in [-0.2, 0) is 55.8 Å². The third-order valence-corrected chi connectivity index (χ3v) is 21.0. The van der Waals surface area contributed by atoms with E-state index >= 15 is 0 Å². The van der Waals surface area contributed by atoms with Crippen LogP contribution < -0.4 is 0 Å². The summed E-state index contributed by atoms with van der Waals surface area (Å²) in [6.07, 6.45) is 104. The Labute approximate surface area is 678 Å². The number of phosphoric ester groups is 2. The van der Waals surface area contributed by atoms with Gasteiger partial charge < -0.3 is 34.2 Å². The second-order valence-electron chi connectivity index (χ2n) is 30.0. The molecule has 0 aliphatic rings. The van der Waals surface area contributed by atoms with Gasteiger partial charge in [-0.05, 0) is 135 Å². The number of aliphatic hydroxyl groups is 2. The quantitative estimate of drug-likeness (QED) is 0.0146. The number of phosphoric acid groups is 2. The Kier molecular flexibility index (Phi) is 82.2. The average Bonchev–Trinajstić information content (AvgIpc) is 0.902. The van der Waals surface area contributed by atoms with Gasteiger partial charge in [0.15, 0.2) is 6.10 Å². The fraction of sp³-hybridized carbons (Fsp3) is 0.753. The van der Waals surface area contributed by atoms with E-state index in [9.17, 15) is 43.5 Å². The van der Waals surface area contributed by atoms with Crippen molar-refractivity contribution in [2.75, 3.05) is 39.6 Å². The number of ether oxygens (including phenoxy) is 3. The predicted octanol–water partition coefficient (Wildman–Crippen LogP) is 27.2. The highest BCUT2D eigenvalue weighted by Gasteiger charge is 2.29. The molecule has 5 atom stereocenters. The Hall–Kier alpha value is -4.05. The van der Waals surface area contributed by atoms with E-state index < -0.39 is 91.5 Å². The van der Waals surface area contributed by atoms with Gasteiger partial charge in [0.05, 0.1) is 26.4 Å². The molecule has 0 radical (unpaired) electrons. The normalized spacial score (nSPS) is 14.4. The molecule has 111 heavy (non-hydrogen) atoms. The van der Waals surface area contributed by atoms with Crippen LogP contribution in [-0.4, -0.2) is 95.9 Å². The van der Waals surface area contributed by atoms with Crippen molar-refractivity contribution in [2.24, 2.45) is 0 Å². The van der Waals surface area contributed by atoms with Crippen LogP contribution >= 0.6 is 15.6 Å². The number of esters is 3. The van der Waals surface area contributed by atoms with E-state index in [0.717, 1.165) is 141 Å². The monoisotopic (exact) mass is 1600 g/mol. The third-order valence-electron chi connectivity index (χ3n) is 19.1. The number of carbonyl (C=O) groups is 3. The Morgan fingerprint density at radius 3 is 0.784 bits per heavy atom. The van der Waals surface area contributed by atoms with Gasteiger partial charge in [0.25, 0.3) is 0 Å². The van der Waals surface area contributed by atoms with Gasteiger partial charge >= 0.3 is 33.6 Å². The average molecular weight is 1600 g/mol. The number of rotatable bonds is 85. The first-order valence-corrected chi connectivity index (χ1v) is 47.8. The maximum atomic E-state index is 13.0. The van der Waals surface area contributed by atoms with Crippen LogP contribution in [0.5, 0.6) is 0 Å². The molecule has 0 aliphatic heterocycles. The van der Waals surface area contributed by atoms with Crippen molar-refractivity contribution in [3.8, 4) is 0 Å². The Balaban J connectivity index is 4.45. The summed E-state index contributed by atoms with van der Waals surface area (Å²) in [6, 6.07) is 0. The lowest BCUT2D eigenvalue weighted by atomic mass is 10.0. The SMILES string of the molecule is CC/C=C\C/C=C\C/C=C\C/C=C\C/C=C\CCCCCCCCCCCCCCCCCCCC(=O)OCC(O)COP(=O)(O)OCC(O)COP(=O)(O)OCC(COC(=O)CCCCCCCCCCCCC/C=C\C/C=C\C/C=C\C/C=C\CCCCC)OC(=O)CCCCCCC/C=C\CCCCCCCC. The summed E-state index contributed by atoms with van der Waals surface area (Å²) in [5, 5.41) is 20.7. The van der Waals surface area contributed by atoms with Gasteiger partial charge in [-0.3, -0.25) is 32.5 Å². The first kappa shape index (κ1) is 107. The van der Waals surface area contributed by atoms with Gasteiger partial charge in [-0.15, -0.1) is 0 Å². The van der Waals surface area contributed by atoms with E-state index in [4.69, 9.17) is 32.3 Å². The van der Waals surface area contributed by atoms with Crippen molar-refractivity contribution in [1.82, 2.24) is 0 Å². The van der Waals surface area contributed by atoms with E-state index in [0.29, 0.717) is 19.3 Å². The molecule has 0 saturated carbocycles. The van der Waals surface area contributed by atoms with Gasteiger partial charge in [0.1, 0.15) is 25.4 Å². The zero-order valence-electron chi connectivity index (χ0n) is 70.6. The number of hydrogen-bond donors (Lipinski definition) is 4. The standard InChI is InChI=1S/C93H164O16P2/c1-4-7-10-13-16-19-22-25-28-30-32-34-36-38-40-41-42-43-44-45-47-49-50-52-54-56-59-61-64-67-70-73-76-79-91(96)103-82-88(94)83-105-110(99,100)106-84-89(95)85-107-111(101,102)108-87-90(109-93(98)81-78-75-72-69-66-63-58-27-24-21-18-15-12-9-6-3)86-104-92(97)80-77-74-71-68-65-62-60-57-55-53-51-48-46-39-37-35-33-31-29-26-23-20-17-14-11-8-5-2/h7,10,16-17,19-20,25-29,32-35,38-40,46,58,88-90,94-95H,4-6,8-9,11-15,18,21-24,30-31,36-37,41-45,47-57,59-87H2,1-3H3,(H,99,100)(H,101,102)/b10-7-,19-16-,20-17-,28-25-,29-26-,34-32-,35-33-,40-38-,46-39-,58-27-. The molecule has 0 fully saturated rings. The highest BCUT2D eigenvalue weighted by molar-refractivity contribution is 7.47. The van der Waals surface area contributed by atoms with E-state index in [1.54, 1.807) is 0 Å². The lowest BCUT2D eigenvalue weighted by molar-refractivity contribution is -0.161. The highest BCUT2D eigenvalue weighted by Crippen LogP contribution is 2.45. The lowest BCUT2D eigenvalue weighted by Gasteiger charge is -2.21. The minimum Gasteiger partial charge on any atom is -0.463 e. The molecular weight excluding hydrogens is 1430 g/mol. The van der Waals surface area contributed by atoms with Crippen LogP contribution in [0, 0.1) is 0 Å². The van der Waals surface area contributed by atoms with Crippen LogP contribution in [0.25, 0.3) is 0 Å². The molecule has 0 saturated heterocycles. The van der Waals surface area contributed by atoms with Crippen molar-refractivity contribution in [2.45, 2.75) is 411 Å². The lowest BCUT2D eigenvalue weighted by Crippen LogP contribution is -2.30. The van der Waals surface area contributed by atoms with Gasteiger partial charge in [0, 0.05) is 19.3 Å². The number of carbonyl (C=O) groups excluding carboxylic acids is 3. The van der Waals surface area contributed by atoms with Gasteiger partial charge in [-0.2, -0.15) is 0 Å². The molecule has 642 valence electrons. The molecule has 0 aromatic heterocycles. The second kappa shape index (κ2) is 85.3. The van der Waals surface area contributed by atoms with Crippen LogP contribution in [0.15, 0.2) is 122 Å². The minimum atomic E-state index is -4.94. The fourth-order valence-corrected chi connectivity index (χ4v) is 13.9. The van der Waals surface area contributed by atoms with E-state index in [-0.39, 0.29) is 19.3 Å². The number of hydrogen-bond acceptors (Lipinski definition) is 14. The summed E-state index contributed by atoms with van der Waals surface area (Å²) in [4.78, 5) is 58.8. The van der Waals surface area contributed by atoms with Crippen molar-refractivity contribution >= 4 is 33.6 Å². The van der Waals surface area contributed by atoms with Crippen LogP contribution in [0.1, 0.15) is 393 Å². The van der Waals surface area contributed by atoms with Gasteiger partial charge in [-0.1, -0.05) is 361 Å². The molecule has 0 amide bonds. The summed E-state index contributed by atoms with van der Waals surface area (Å²) in [6.45, 7) is 2.58. The first-order chi connectivity index (χ1) is 54.2. The maximum absolute atomic E-state index is 13.0. The van der Waals surface area contributed by atoms with Crippen LogP contribution in [0.4, 0.5) is 0 Å². The Morgan fingerprint density at radius 1 is 0.261 bits per heavy atom. The van der Waals surface area contributed by atoms with E-state index in [1.165, 1.54) is 193 Å². The largest absolute Gasteiger partial charge is 0.472 e. The molecule has 5 unspecified atom stereocenters. The molecule has 0 bridgehead atoms. The summed E-state index contributed by atoms with van der Waals surface area (Å²) < 4.78 is 61.4. The zero-order valence-corrected chi connectivity index (χ0v) is 72.4. The van der Waals surface area contributed by atoms with Crippen molar-refractivity contribution in [1.29, 1.82) is 0 Å². The highest BCUT2D eigenvalue weighted by atomic mass is 31.2. The molecule has 0 aromatic rings. The smallest absolute Gasteiger partial charge is 0.463 e. The number of aliphatic hydroxyl groups excluding tert-OH is 2. The molecule has 16 nitrogen and oxygen atoms in total. The van der Waals surface area contributed by atoms with Crippen molar-refractivity contribution < 1.29 is 75.8 Å². The molecule has 4 N–H and O–H groups in total. The molecule has 0 heterocycles. The van der Waals surface area contributed by atoms with E-state index in [2.05, 4.69) is 142 Å². The molecule has 0 rings (SSSR count). The summed E-state index contributed by atoms with van der Waals surface area (Å²) in [5.74, 6) is -1.57. The van der Waals surface area contributed by atoms with E-state index in [1.807, 2.05) is 0 Å². The Bertz CT molecular complexity index is 2500. The molecular formula is C93H164O16P2. The third kappa shape index (κ3) is 86.6. The number of unbranched alkanes of at least 4 members (excludes halogenated alkanes) is 42. The minimum absolute atomic E-state index is 0.0948. The second-order valence-corrected chi connectivity index (χ2v) is 32.9. The van der Waals surface area contributed by atoms with Crippen LogP contribution in [0.2, 0.25) is 0 Å². The van der Waals surface area contributed by atoms with Crippen LogP contribution in [0.3, 0.4) is 0 Å². The molecule has 18 heteroatoms. The molecule has 0 aliphatic carbocycles. The maximum Gasteiger partial charge on any atom is 0.472 e. The number of allylic oxidation sites excluding steroid dienone is 20. The summed E-state index contributed by atoms with van der Waals surface area (Å²) in [5.41, 5.74) is 0. The first-order valence-electron chi connectivity index (χ1n) is 44.8. The Morgan fingerprint density at radius 2 is 0.477 bits per heavy atom. The zero-order chi connectivity index (χ0) is 80.8.